The van der Waals surface area contributed by atoms with Crippen LogP contribution < -0.4 is 4.74 Å². The lowest BCUT2D eigenvalue weighted by Gasteiger charge is -2.58. The molecule has 3 fully saturated rings. The Labute approximate surface area is 166 Å². The molecule has 150 valence electrons. The molecule has 1 aliphatic carbocycles. The van der Waals surface area contributed by atoms with E-state index >= 15 is 0 Å². The maximum atomic E-state index is 13.5. The lowest BCUT2D eigenvalue weighted by Crippen LogP contribution is -2.67. The summed E-state index contributed by atoms with van der Waals surface area (Å²) in [6.07, 6.45) is 4.23. The number of hydrogen-bond acceptors (Lipinski definition) is 4. The molecule has 1 aromatic heterocycles. The zero-order chi connectivity index (χ0) is 19.6. The lowest BCUT2D eigenvalue weighted by molar-refractivity contribution is -0.162. The molecule has 5 heteroatoms. The van der Waals surface area contributed by atoms with Crippen molar-refractivity contribution in [2.75, 3.05) is 27.3 Å². The molecule has 4 unspecified atom stereocenters. The first kappa shape index (κ1) is 18.0. The zero-order valence-corrected chi connectivity index (χ0v) is 17.3. The summed E-state index contributed by atoms with van der Waals surface area (Å²) in [5.74, 6) is 1.93. The molecule has 6 rings (SSSR count). The molecule has 0 radical (unpaired) electrons. The molecule has 0 N–H and O–H groups in total. The molecule has 0 amide bonds. The van der Waals surface area contributed by atoms with E-state index in [2.05, 4.69) is 35.6 Å². The fraction of sp³-hybridized carbons (Fsp3) is 0.609. The first-order valence-electron chi connectivity index (χ1n) is 10.5. The van der Waals surface area contributed by atoms with Gasteiger partial charge in [-0.05, 0) is 54.9 Å². The summed E-state index contributed by atoms with van der Waals surface area (Å²) in [4.78, 5) is 16.1. The van der Waals surface area contributed by atoms with Crippen molar-refractivity contribution in [3.8, 4) is 5.75 Å². The number of benzene rings is 1. The van der Waals surface area contributed by atoms with E-state index in [1.807, 2.05) is 6.07 Å². The van der Waals surface area contributed by atoms with Gasteiger partial charge in [0.2, 0.25) is 0 Å². The Morgan fingerprint density at radius 1 is 1.32 bits per heavy atom. The van der Waals surface area contributed by atoms with Crippen molar-refractivity contribution in [2.24, 2.45) is 18.9 Å². The van der Waals surface area contributed by atoms with Gasteiger partial charge in [0.15, 0.2) is 0 Å². The number of aryl methyl sites for hydroxylation is 1. The number of carbonyl (C=O) groups is 1. The van der Waals surface area contributed by atoms with Gasteiger partial charge in [-0.2, -0.15) is 0 Å². The third kappa shape index (κ3) is 2.14. The average molecular weight is 383 g/mol. The molecular formula is C23H30N2O3. The van der Waals surface area contributed by atoms with Gasteiger partial charge in [0, 0.05) is 42.8 Å². The smallest absolute Gasteiger partial charge is 0.319 e. The summed E-state index contributed by atoms with van der Waals surface area (Å²) in [5.41, 5.74) is 3.12. The van der Waals surface area contributed by atoms with Crippen LogP contribution in [-0.2, 0) is 28.4 Å². The fourth-order valence-corrected chi connectivity index (χ4v) is 6.86. The van der Waals surface area contributed by atoms with Crippen molar-refractivity contribution in [3.05, 3.63) is 29.5 Å². The number of aromatic nitrogens is 1. The van der Waals surface area contributed by atoms with Crippen LogP contribution in [0.15, 0.2) is 18.2 Å². The topological polar surface area (TPSA) is 43.7 Å². The van der Waals surface area contributed by atoms with Gasteiger partial charge in [0.25, 0.3) is 0 Å². The Morgan fingerprint density at radius 2 is 2.14 bits per heavy atom. The van der Waals surface area contributed by atoms with Gasteiger partial charge in [-0.1, -0.05) is 13.3 Å². The highest BCUT2D eigenvalue weighted by Crippen LogP contribution is 2.56. The highest BCUT2D eigenvalue weighted by molar-refractivity contribution is 5.93. The zero-order valence-electron chi connectivity index (χ0n) is 17.3. The van der Waals surface area contributed by atoms with Gasteiger partial charge in [0.05, 0.1) is 14.2 Å². The first-order chi connectivity index (χ1) is 13.5. The van der Waals surface area contributed by atoms with E-state index in [0.717, 1.165) is 38.1 Å². The van der Waals surface area contributed by atoms with E-state index < -0.39 is 5.41 Å². The van der Waals surface area contributed by atoms with Crippen LogP contribution in [0.5, 0.6) is 5.75 Å². The average Bonchev–Trinajstić information content (AvgIpc) is 2.96. The second kappa shape index (κ2) is 6.24. The van der Waals surface area contributed by atoms with Gasteiger partial charge in [-0.15, -0.1) is 0 Å². The molecule has 5 nitrogen and oxygen atoms in total. The summed E-state index contributed by atoms with van der Waals surface area (Å²) in [6, 6.07) is 6.52. The third-order valence-electron chi connectivity index (χ3n) is 7.74. The van der Waals surface area contributed by atoms with Crippen molar-refractivity contribution in [3.63, 3.8) is 0 Å². The third-order valence-corrected chi connectivity index (χ3v) is 7.74. The molecule has 1 saturated carbocycles. The van der Waals surface area contributed by atoms with Gasteiger partial charge in [-0.25, -0.2) is 0 Å². The predicted molar refractivity (Wildman–Crippen MR) is 109 cm³/mol. The maximum absolute atomic E-state index is 13.5. The minimum atomic E-state index is -0.566. The number of fused-ring (bicyclic) bond motifs is 4. The highest BCUT2D eigenvalue weighted by Gasteiger charge is 2.63. The number of hydrogen-bond donors (Lipinski definition) is 0. The van der Waals surface area contributed by atoms with Crippen LogP contribution in [0.25, 0.3) is 10.9 Å². The van der Waals surface area contributed by atoms with Crippen LogP contribution in [0.2, 0.25) is 0 Å². The standard InChI is InChI=1S/C23H30N2O3/c1-5-15-10-14-12-23(22(26)28-4)20(15)25(13-14)9-8-17-18-11-16(27-3)6-7-19(18)24(2)21(17)23/h6-7,11,14-15,20H,5,8-10,12-13H2,1-4H3/t14?,15?,20?,23-/m0/s1. The summed E-state index contributed by atoms with van der Waals surface area (Å²) in [5, 5.41) is 1.22. The SMILES string of the molecule is CCC1CC2CN3CCc4c(n(C)c5ccc(OC)cc45)[C@](C(=O)OC)(C2)C13. The number of carbonyl (C=O) groups excluding carboxylic acids is 1. The Bertz CT molecular complexity index is 949. The second-order valence-electron chi connectivity index (χ2n) is 8.90. The maximum Gasteiger partial charge on any atom is 0.319 e. The number of rotatable bonds is 3. The number of esters is 1. The minimum Gasteiger partial charge on any atom is -0.497 e. The Morgan fingerprint density at radius 3 is 2.86 bits per heavy atom. The van der Waals surface area contributed by atoms with E-state index in [9.17, 15) is 4.79 Å². The molecule has 1 aromatic carbocycles. The Kier molecular flexibility index (Phi) is 4.02. The van der Waals surface area contributed by atoms with E-state index in [0.29, 0.717) is 11.8 Å². The fourth-order valence-electron chi connectivity index (χ4n) is 6.86. The van der Waals surface area contributed by atoms with Gasteiger partial charge in [0.1, 0.15) is 11.2 Å². The van der Waals surface area contributed by atoms with E-state index in [1.165, 1.54) is 28.6 Å². The van der Waals surface area contributed by atoms with Gasteiger partial charge in [-0.3, -0.25) is 9.69 Å². The van der Waals surface area contributed by atoms with Crippen LogP contribution in [0.1, 0.15) is 37.4 Å². The van der Waals surface area contributed by atoms with Crippen molar-refractivity contribution >= 4 is 16.9 Å². The van der Waals surface area contributed by atoms with Crippen molar-refractivity contribution in [2.45, 2.75) is 44.1 Å². The molecule has 28 heavy (non-hydrogen) atoms. The molecule has 0 spiro atoms. The van der Waals surface area contributed by atoms with Crippen molar-refractivity contribution in [1.29, 1.82) is 0 Å². The molecule has 5 atom stereocenters. The largest absolute Gasteiger partial charge is 0.497 e. The predicted octanol–water partition coefficient (Wildman–Crippen LogP) is 3.27. The number of piperidine rings is 2. The van der Waals surface area contributed by atoms with Crippen LogP contribution in [0.4, 0.5) is 0 Å². The van der Waals surface area contributed by atoms with Gasteiger partial charge < -0.3 is 14.0 Å². The molecule has 4 aliphatic rings. The quantitative estimate of drug-likeness (QED) is 0.764. The Balaban J connectivity index is 1.83. The van der Waals surface area contributed by atoms with Gasteiger partial charge >= 0.3 is 5.97 Å². The lowest BCUT2D eigenvalue weighted by atomic mass is 9.56. The van der Waals surface area contributed by atoms with Crippen LogP contribution >= 0.6 is 0 Å². The van der Waals surface area contributed by atoms with E-state index in [4.69, 9.17) is 9.47 Å². The summed E-state index contributed by atoms with van der Waals surface area (Å²) >= 11 is 0. The molecular weight excluding hydrogens is 352 g/mol. The molecule has 3 aliphatic heterocycles. The number of methoxy groups -OCH3 is 2. The second-order valence-corrected chi connectivity index (χ2v) is 8.90. The molecule has 2 aromatic rings. The van der Waals surface area contributed by atoms with Crippen LogP contribution in [0, 0.1) is 11.8 Å². The van der Waals surface area contributed by atoms with Crippen molar-refractivity contribution < 1.29 is 14.3 Å². The van der Waals surface area contributed by atoms with E-state index in [-0.39, 0.29) is 12.0 Å². The summed E-state index contributed by atoms with van der Waals surface area (Å²) in [6.45, 7) is 4.41. The highest BCUT2D eigenvalue weighted by atomic mass is 16.5. The summed E-state index contributed by atoms with van der Waals surface area (Å²) in [7, 11) is 5.39. The minimum absolute atomic E-state index is 0.0497. The molecule has 4 bridgehead atoms. The first-order valence-corrected chi connectivity index (χ1v) is 10.5. The summed E-state index contributed by atoms with van der Waals surface area (Å²) < 4.78 is 13.3. The van der Waals surface area contributed by atoms with Crippen LogP contribution in [0.3, 0.4) is 0 Å². The monoisotopic (exact) mass is 382 g/mol. The number of ether oxygens (including phenoxy) is 2. The normalized spacial score (nSPS) is 33.4. The number of nitrogens with zero attached hydrogens (tertiary/aromatic N) is 2. The molecule has 4 heterocycles. The van der Waals surface area contributed by atoms with Crippen LogP contribution in [-0.4, -0.2) is 48.8 Å². The Hall–Kier alpha value is -2.01. The molecule has 2 saturated heterocycles. The van der Waals surface area contributed by atoms with E-state index in [1.54, 1.807) is 14.2 Å². The van der Waals surface area contributed by atoms with Crippen molar-refractivity contribution in [1.82, 2.24) is 9.47 Å².